The van der Waals surface area contributed by atoms with E-state index in [0.29, 0.717) is 25.8 Å². The Morgan fingerprint density at radius 1 is 1.35 bits per heavy atom. The number of amides is 1. The highest BCUT2D eigenvalue weighted by Crippen LogP contribution is 2.17. The maximum atomic E-state index is 11.9. The number of hydrogen-bond acceptors (Lipinski definition) is 3. The van der Waals surface area contributed by atoms with Gasteiger partial charge in [-0.3, -0.25) is 4.79 Å². The van der Waals surface area contributed by atoms with E-state index in [1.807, 2.05) is 0 Å². The van der Waals surface area contributed by atoms with Crippen molar-refractivity contribution in [2.45, 2.75) is 52.0 Å². The summed E-state index contributed by atoms with van der Waals surface area (Å²) in [5, 5.41) is 11.9. The van der Waals surface area contributed by atoms with Crippen molar-refractivity contribution >= 4 is 11.9 Å². The van der Waals surface area contributed by atoms with Crippen molar-refractivity contribution in [2.75, 3.05) is 6.54 Å². The van der Waals surface area contributed by atoms with Gasteiger partial charge >= 0.3 is 5.97 Å². The SMILES string of the molecule is CCC(CC)(NC(=O)C(C)CCCN)C(=O)O. The highest BCUT2D eigenvalue weighted by atomic mass is 16.4. The second-order valence-electron chi connectivity index (χ2n) is 4.42. The first-order chi connectivity index (χ1) is 7.93. The fourth-order valence-electron chi connectivity index (χ4n) is 1.70. The van der Waals surface area contributed by atoms with Gasteiger partial charge in [0.15, 0.2) is 0 Å². The van der Waals surface area contributed by atoms with Gasteiger partial charge in [0.1, 0.15) is 5.54 Å². The van der Waals surface area contributed by atoms with Crippen LogP contribution in [-0.2, 0) is 9.59 Å². The lowest BCUT2D eigenvalue weighted by molar-refractivity contribution is -0.148. The predicted molar refractivity (Wildman–Crippen MR) is 66.5 cm³/mol. The summed E-state index contributed by atoms with van der Waals surface area (Å²) in [6.45, 7) is 5.87. The minimum absolute atomic E-state index is 0.199. The van der Waals surface area contributed by atoms with E-state index in [1.54, 1.807) is 20.8 Å². The van der Waals surface area contributed by atoms with Gasteiger partial charge in [-0.15, -0.1) is 0 Å². The lowest BCUT2D eigenvalue weighted by Crippen LogP contribution is -2.55. The van der Waals surface area contributed by atoms with Gasteiger partial charge in [0.25, 0.3) is 0 Å². The van der Waals surface area contributed by atoms with E-state index in [-0.39, 0.29) is 11.8 Å². The van der Waals surface area contributed by atoms with Gasteiger partial charge in [-0.1, -0.05) is 20.8 Å². The molecule has 0 aromatic heterocycles. The third kappa shape index (κ3) is 4.34. The summed E-state index contributed by atoms with van der Waals surface area (Å²) in [5.74, 6) is -1.37. The first-order valence-corrected chi connectivity index (χ1v) is 6.19. The Morgan fingerprint density at radius 3 is 2.24 bits per heavy atom. The van der Waals surface area contributed by atoms with Crippen LogP contribution in [0.1, 0.15) is 46.5 Å². The Morgan fingerprint density at radius 2 is 1.88 bits per heavy atom. The summed E-state index contributed by atoms with van der Waals surface area (Å²) < 4.78 is 0. The number of nitrogens with one attached hydrogen (secondary N) is 1. The number of nitrogens with two attached hydrogens (primary N) is 1. The lowest BCUT2D eigenvalue weighted by atomic mass is 9.91. The molecule has 1 atom stereocenters. The van der Waals surface area contributed by atoms with E-state index in [9.17, 15) is 14.7 Å². The van der Waals surface area contributed by atoms with Gasteiger partial charge in [0.05, 0.1) is 0 Å². The van der Waals surface area contributed by atoms with Crippen molar-refractivity contribution < 1.29 is 14.7 Å². The molecule has 0 spiro atoms. The molecule has 0 heterocycles. The van der Waals surface area contributed by atoms with E-state index in [4.69, 9.17) is 5.73 Å². The maximum Gasteiger partial charge on any atom is 0.329 e. The Bertz CT molecular complexity index is 262. The molecule has 0 bridgehead atoms. The van der Waals surface area contributed by atoms with Crippen molar-refractivity contribution in [3.63, 3.8) is 0 Å². The van der Waals surface area contributed by atoms with E-state index < -0.39 is 11.5 Å². The summed E-state index contributed by atoms with van der Waals surface area (Å²) in [4.78, 5) is 23.1. The lowest BCUT2D eigenvalue weighted by Gasteiger charge is -2.29. The second kappa shape index (κ2) is 7.27. The molecule has 0 radical (unpaired) electrons. The van der Waals surface area contributed by atoms with Gasteiger partial charge in [-0.05, 0) is 32.2 Å². The van der Waals surface area contributed by atoms with Crippen LogP contribution in [0.15, 0.2) is 0 Å². The highest BCUT2D eigenvalue weighted by Gasteiger charge is 2.37. The number of carboxylic acids is 1. The molecular weight excluding hydrogens is 220 g/mol. The largest absolute Gasteiger partial charge is 0.480 e. The number of carboxylic acid groups (broad SMARTS) is 1. The molecule has 0 aliphatic carbocycles. The van der Waals surface area contributed by atoms with Gasteiger partial charge in [0, 0.05) is 5.92 Å². The van der Waals surface area contributed by atoms with Crippen molar-refractivity contribution in [1.29, 1.82) is 0 Å². The smallest absolute Gasteiger partial charge is 0.329 e. The summed E-state index contributed by atoms with van der Waals surface area (Å²) >= 11 is 0. The van der Waals surface area contributed by atoms with Crippen molar-refractivity contribution in [1.82, 2.24) is 5.32 Å². The van der Waals surface area contributed by atoms with Crippen LogP contribution in [0.5, 0.6) is 0 Å². The molecule has 0 saturated heterocycles. The first kappa shape index (κ1) is 15.9. The Labute approximate surface area is 103 Å². The molecule has 0 aliphatic heterocycles. The summed E-state index contributed by atoms with van der Waals surface area (Å²) in [6.07, 6.45) is 2.22. The quantitative estimate of drug-likeness (QED) is 0.596. The van der Waals surface area contributed by atoms with E-state index in [0.717, 1.165) is 6.42 Å². The molecule has 0 fully saturated rings. The second-order valence-corrected chi connectivity index (χ2v) is 4.42. The molecule has 100 valence electrons. The number of hydrogen-bond donors (Lipinski definition) is 3. The molecule has 0 rings (SSSR count). The molecule has 0 saturated carbocycles. The van der Waals surface area contributed by atoms with E-state index in [2.05, 4.69) is 5.32 Å². The van der Waals surface area contributed by atoms with Gasteiger partial charge in [0.2, 0.25) is 5.91 Å². The Hall–Kier alpha value is -1.10. The molecule has 0 aromatic carbocycles. The molecule has 0 aliphatic rings. The first-order valence-electron chi connectivity index (χ1n) is 6.19. The molecule has 1 unspecified atom stereocenters. The Balaban J connectivity index is 4.56. The zero-order valence-corrected chi connectivity index (χ0v) is 11.0. The van der Waals surface area contributed by atoms with Crippen LogP contribution >= 0.6 is 0 Å². The van der Waals surface area contributed by atoms with Crippen LogP contribution in [0, 0.1) is 5.92 Å². The van der Waals surface area contributed by atoms with E-state index in [1.165, 1.54) is 0 Å². The predicted octanol–water partition coefficient (Wildman–Crippen LogP) is 1.12. The van der Waals surface area contributed by atoms with Crippen LogP contribution in [-0.4, -0.2) is 29.1 Å². The maximum absolute atomic E-state index is 11.9. The van der Waals surface area contributed by atoms with Crippen LogP contribution in [0.25, 0.3) is 0 Å². The summed E-state index contributed by atoms with van der Waals surface area (Å²) in [6, 6.07) is 0. The zero-order valence-electron chi connectivity index (χ0n) is 11.0. The average Bonchev–Trinajstić information content (AvgIpc) is 2.32. The standard InChI is InChI=1S/C12H24N2O3/c1-4-12(5-2,11(16)17)14-10(15)9(3)7-6-8-13/h9H,4-8,13H2,1-3H3,(H,14,15)(H,16,17). The molecular formula is C12H24N2O3. The number of carbonyl (C=O) groups excluding carboxylic acids is 1. The number of rotatable bonds is 8. The normalized spacial score (nSPS) is 13.2. The van der Waals surface area contributed by atoms with Crippen molar-refractivity contribution in [3.05, 3.63) is 0 Å². The van der Waals surface area contributed by atoms with Crippen molar-refractivity contribution in [2.24, 2.45) is 11.7 Å². The van der Waals surface area contributed by atoms with Gasteiger partial charge in [-0.2, -0.15) is 0 Å². The minimum atomic E-state index is -1.13. The summed E-state index contributed by atoms with van der Waals surface area (Å²) in [7, 11) is 0. The molecule has 0 aromatic rings. The molecule has 1 amide bonds. The monoisotopic (exact) mass is 244 g/mol. The Kier molecular flexibility index (Phi) is 6.80. The minimum Gasteiger partial charge on any atom is -0.480 e. The topological polar surface area (TPSA) is 92.4 Å². The third-order valence-corrected chi connectivity index (χ3v) is 3.27. The fourth-order valence-corrected chi connectivity index (χ4v) is 1.70. The van der Waals surface area contributed by atoms with Crippen molar-refractivity contribution in [3.8, 4) is 0 Å². The van der Waals surface area contributed by atoms with Gasteiger partial charge in [-0.25, -0.2) is 4.79 Å². The van der Waals surface area contributed by atoms with Crippen LogP contribution < -0.4 is 11.1 Å². The third-order valence-electron chi connectivity index (χ3n) is 3.27. The average molecular weight is 244 g/mol. The van der Waals surface area contributed by atoms with Crippen LogP contribution in [0.4, 0.5) is 0 Å². The molecule has 5 heteroatoms. The van der Waals surface area contributed by atoms with E-state index >= 15 is 0 Å². The molecule has 5 nitrogen and oxygen atoms in total. The molecule has 4 N–H and O–H groups in total. The summed E-state index contributed by atoms with van der Waals surface area (Å²) in [5.41, 5.74) is 4.25. The molecule has 17 heavy (non-hydrogen) atoms. The van der Waals surface area contributed by atoms with Crippen LogP contribution in [0.2, 0.25) is 0 Å². The number of aliphatic carboxylic acids is 1. The van der Waals surface area contributed by atoms with Gasteiger partial charge < -0.3 is 16.2 Å². The number of carbonyl (C=O) groups is 2. The highest BCUT2D eigenvalue weighted by molar-refractivity contribution is 5.87. The zero-order chi connectivity index (χ0) is 13.5. The van der Waals surface area contributed by atoms with Crippen LogP contribution in [0.3, 0.4) is 0 Å². The fraction of sp³-hybridized carbons (Fsp3) is 0.833.